The first-order chi connectivity index (χ1) is 14.2. The highest BCUT2D eigenvalue weighted by molar-refractivity contribution is 7.98. The van der Waals surface area contributed by atoms with Crippen LogP contribution >= 0.6 is 11.8 Å². The van der Waals surface area contributed by atoms with Gasteiger partial charge in [-0.15, -0.1) is 16.9 Å². The summed E-state index contributed by atoms with van der Waals surface area (Å²) in [6.07, 6.45) is 1.98. The second-order valence-electron chi connectivity index (χ2n) is 6.55. The Morgan fingerprint density at radius 2 is 1.86 bits per heavy atom. The van der Waals surface area contributed by atoms with Crippen molar-refractivity contribution in [2.24, 2.45) is 0 Å². The summed E-state index contributed by atoms with van der Waals surface area (Å²) in [6, 6.07) is 17.0. The van der Waals surface area contributed by atoms with Crippen LogP contribution in [-0.2, 0) is 15.3 Å². The quantitative estimate of drug-likeness (QED) is 0.450. The van der Waals surface area contributed by atoms with E-state index < -0.39 is 5.97 Å². The first kappa shape index (κ1) is 19.1. The van der Waals surface area contributed by atoms with Gasteiger partial charge in [-0.05, 0) is 47.5 Å². The molecule has 0 unspecified atom stereocenters. The number of benzene rings is 2. The van der Waals surface area contributed by atoms with Crippen LogP contribution in [0.2, 0.25) is 0 Å². The summed E-state index contributed by atoms with van der Waals surface area (Å²) >= 11 is 1.43. The average molecular weight is 409 g/mol. The molecule has 4 rings (SSSR count). The fraction of sp³-hybridized carbons (Fsp3) is 0.250. The molecule has 1 fully saturated rings. The number of nitrogens with zero attached hydrogens (tertiary/aromatic N) is 4. The first-order valence-corrected chi connectivity index (χ1v) is 10.2. The summed E-state index contributed by atoms with van der Waals surface area (Å²) < 4.78 is 6.84. The molecule has 1 aliphatic rings. The van der Waals surface area contributed by atoms with Gasteiger partial charge in [-0.1, -0.05) is 30.3 Å². The summed E-state index contributed by atoms with van der Waals surface area (Å²) in [4.78, 5) is 24.9. The van der Waals surface area contributed by atoms with Gasteiger partial charge in [0.25, 0.3) is 5.91 Å². The van der Waals surface area contributed by atoms with E-state index in [2.05, 4.69) is 20.8 Å². The van der Waals surface area contributed by atoms with Gasteiger partial charge in [0.1, 0.15) is 0 Å². The van der Waals surface area contributed by atoms with Crippen molar-refractivity contribution in [1.29, 1.82) is 0 Å². The molecule has 3 aromatic rings. The van der Waals surface area contributed by atoms with Gasteiger partial charge in [0.15, 0.2) is 12.4 Å². The highest BCUT2D eigenvalue weighted by Crippen LogP contribution is 2.27. The van der Waals surface area contributed by atoms with Crippen LogP contribution in [0.1, 0.15) is 29.0 Å². The summed E-state index contributed by atoms with van der Waals surface area (Å²) in [6.45, 7) is -0.277. The van der Waals surface area contributed by atoms with E-state index in [-0.39, 0.29) is 18.6 Å². The molecule has 1 saturated carbocycles. The van der Waals surface area contributed by atoms with Crippen LogP contribution in [0.15, 0.2) is 59.5 Å². The number of tetrazole rings is 1. The monoisotopic (exact) mass is 409 g/mol. The van der Waals surface area contributed by atoms with E-state index in [9.17, 15) is 9.59 Å². The van der Waals surface area contributed by atoms with Crippen molar-refractivity contribution in [2.75, 3.05) is 6.61 Å². The molecule has 1 aliphatic carbocycles. The van der Waals surface area contributed by atoms with Crippen LogP contribution in [0.3, 0.4) is 0 Å². The molecule has 0 aliphatic heterocycles. The molecule has 1 N–H and O–H groups in total. The molecule has 0 saturated heterocycles. The number of carbonyl (C=O) groups excluding carboxylic acids is 2. The minimum Gasteiger partial charge on any atom is -0.452 e. The van der Waals surface area contributed by atoms with E-state index in [4.69, 9.17) is 4.74 Å². The Morgan fingerprint density at radius 1 is 1.10 bits per heavy atom. The number of thioether (sulfide) groups is 1. The van der Waals surface area contributed by atoms with Crippen LogP contribution in [0.5, 0.6) is 0 Å². The van der Waals surface area contributed by atoms with Crippen LogP contribution in [-0.4, -0.2) is 44.7 Å². The van der Waals surface area contributed by atoms with Crippen molar-refractivity contribution < 1.29 is 14.3 Å². The third-order valence-electron chi connectivity index (χ3n) is 4.28. The Kier molecular flexibility index (Phi) is 5.85. The highest BCUT2D eigenvalue weighted by atomic mass is 32.2. The predicted octanol–water partition coefficient (Wildman–Crippen LogP) is 2.39. The lowest BCUT2D eigenvalue weighted by atomic mass is 10.2. The molecule has 1 amide bonds. The molecule has 148 valence electrons. The van der Waals surface area contributed by atoms with Crippen molar-refractivity contribution in [1.82, 2.24) is 25.5 Å². The lowest BCUT2D eigenvalue weighted by Crippen LogP contribution is -2.30. The third kappa shape index (κ3) is 5.00. The molecule has 8 nitrogen and oxygen atoms in total. The largest absolute Gasteiger partial charge is 0.452 e. The molecule has 0 radical (unpaired) electrons. The van der Waals surface area contributed by atoms with Crippen LogP contribution < -0.4 is 5.32 Å². The van der Waals surface area contributed by atoms with E-state index in [1.165, 1.54) is 11.8 Å². The molecule has 1 aromatic heterocycles. The van der Waals surface area contributed by atoms with E-state index in [0.717, 1.165) is 23.4 Å². The topological polar surface area (TPSA) is 99.0 Å². The maximum absolute atomic E-state index is 12.5. The zero-order chi connectivity index (χ0) is 20.1. The van der Waals surface area contributed by atoms with Crippen molar-refractivity contribution in [3.8, 4) is 5.69 Å². The van der Waals surface area contributed by atoms with Gasteiger partial charge in [0, 0.05) is 10.9 Å². The number of aromatic nitrogens is 4. The number of para-hydroxylation sites is 1. The molecule has 0 spiro atoms. The van der Waals surface area contributed by atoms with Crippen molar-refractivity contribution in [3.63, 3.8) is 0 Å². The smallest absolute Gasteiger partial charge is 0.339 e. The maximum Gasteiger partial charge on any atom is 0.339 e. The van der Waals surface area contributed by atoms with Crippen LogP contribution in [0.25, 0.3) is 5.69 Å². The lowest BCUT2D eigenvalue weighted by molar-refractivity contribution is -0.124. The zero-order valence-corrected chi connectivity index (χ0v) is 16.3. The van der Waals surface area contributed by atoms with E-state index in [1.807, 2.05) is 42.5 Å². The van der Waals surface area contributed by atoms with E-state index >= 15 is 0 Å². The minimum atomic E-state index is -0.526. The summed E-state index contributed by atoms with van der Waals surface area (Å²) in [7, 11) is 0. The number of amides is 1. The van der Waals surface area contributed by atoms with Crippen LogP contribution in [0, 0.1) is 0 Å². The minimum absolute atomic E-state index is 0.236. The first-order valence-electron chi connectivity index (χ1n) is 9.21. The normalized spacial score (nSPS) is 13.1. The number of rotatable bonds is 8. The summed E-state index contributed by atoms with van der Waals surface area (Å²) in [5.41, 5.74) is 1.28. The Hall–Kier alpha value is -3.20. The number of hydrogen-bond acceptors (Lipinski definition) is 7. The van der Waals surface area contributed by atoms with Crippen molar-refractivity contribution >= 4 is 23.6 Å². The van der Waals surface area contributed by atoms with Gasteiger partial charge >= 0.3 is 5.97 Å². The van der Waals surface area contributed by atoms with Gasteiger partial charge in [-0.25, -0.2) is 4.79 Å². The molecule has 9 heteroatoms. The number of ether oxygens (including phenoxy) is 1. The number of carbonyl (C=O) groups is 2. The van der Waals surface area contributed by atoms with E-state index in [1.54, 1.807) is 16.8 Å². The van der Waals surface area contributed by atoms with Gasteiger partial charge in [0.05, 0.1) is 17.0 Å². The van der Waals surface area contributed by atoms with Gasteiger partial charge < -0.3 is 10.1 Å². The fourth-order valence-corrected chi connectivity index (χ4v) is 3.62. The van der Waals surface area contributed by atoms with Crippen molar-refractivity contribution in [2.45, 2.75) is 29.5 Å². The fourth-order valence-electron chi connectivity index (χ4n) is 2.67. The van der Waals surface area contributed by atoms with Crippen LogP contribution in [0.4, 0.5) is 0 Å². The molecular formula is C20H19N5O3S. The van der Waals surface area contributed by atoms with Gasteiger partial charge in [-0.2, -0.15) is 4.68 Å². The second-order valence-corrected chi connectivity index (χ2v) is 7.56. The summed E-state index contributed by atoms with van der Waals surface area (Å²) in [5, 5.41) is 14.7. The Labute approximate surface area is 171 Å². The third-order valence-corrected chi connectivity index (χ3v) is 5.34. The molecule has 0 atom stereocenters. The predicted molar refractivity (Wildman–Crippen MR) is 107 cm³/mol. The standard InChI is InChI=1S/C20H19N5O3S/c26-19(21-14-10-11-14)12-28-20(27)16-8-4-5-9-17(16)29-13-18-22-23-24-25(18)15-6-2-1-3-7-15/h1-9,14H,10-13H2,(H,21,26). The molecule has 1 heterocycles. The van der Waals surface area contributed by atoms with Gasteiger partial charge in [0.2, 0.25) is 0 Å². The molecule has 0 bridgehead atoms. The highest BCUT2D eigenvalue weighted by Gasteiger charge is 2.24. The lowest BCUT2D eigenvalue weighted by Gasteiger charge is -2.09. The SMILES string of the molecule is O=C(COC(=O)c1ccccc1SCc1nnnn1-c1ccccc1)NC1CC1. The second kappa shape index (κ2) is 8.87. The van der Waals surface area contributed by atoms with Crippen molar-refractivity contribution in [3.05, 3.63) is 66.0 Å². The number of esters is 1. The maximum atomic E-state index is 12.5. The Morgan fingerprint density at radius 3 is 2.66 bits per heavy atom. The van der Waals surface area contributed by atoms with E-state index in [0.29, 0.717) is 17.1 Å². The Bertz CT molecular complexity index is 1000. The zero-order valence-electron chi connectivity index (χ0n) is 15.5. The number of hydrogen-bond donors (Lipinski definition) is 1. The Balaban J connectivity index is 1.41. The number of nitrogens with one attached hydrogen (secondary N) is 1. The molecule has 2 aromatic carbocycles. The summed E-state index contributed by atoms with van der Waals surface area (Å²) in [5.74, 6) is 0.330. The molecular weight excluding hydrogens is 390 g/mol. The average Bonchev–Trinajstić information content (AvgIpc) is 3.44. The molecule has 29 heavy (non-hydrogen) atoms. The van der Waals surface area contributed by atoms with Gasteiger partial charge in [-0.3, -0.25) is 4.79 Å².